The summed E-state index contributed by atoms with van der Waals surface area (Å²) in [5.41, 5.74) is 3.77. The first-order valence-corrected chi connectivity index (χ1v) is 5.62. The SMILES string of the molecule is CCNC(=O)C(=O)Nc1c(C)cc(C)cc1C. The summed E-state index contributed by atoms with van der Waals surface area (Å²) in [6, 6.07) is 3.95. The van der Waals surface area contributed by atoms with Crippen molar-refractivity contribution < 1.29 is 9.59 Å². The van der Waals surface area contributed by atoms with E-state index < -0.39 is 11.8 Å². The van der Waals surface area contributed by atoms with Crippen molar-refractivity contribution in [1.29, 1.82) is 0 Å². The maximum Gasteiger partial charge on any atom is 0.313 e. The van der Waals surface area contributed by atoms with Crippen LogP contribution in [0.1, 0.15) is 23.6 Å². The monoisotopic (exact) mass is 234 g/mol. The first-order chi connectivity index (χ1) is 7.95. The summed E-state index contributed by atoms with van der Waals surface area (Å²) in [6.07, 6.45) is 0. The highest BCUT2D eigenvalue weighted by atomic mass is 16.2. The predicted molar refractivity (Wildman–Crippen MR) is 68.0 cm³/mol. The zero-order valence-corrected chi connectivity index (χ0v) is 10.7. The Bertz CT molecular complexity index is 430. The molecule has 17 heavy (non-hydrogen) atoms. The molecule has 0 fully saturated rings. The summed E-state index contributed by atoms with van der Waals surface area (Å²) in [5, 5.41) is 5.10. The van der Waals surface area contributed by atoms with E-state index in [0.29, 0.717) is 12.2 Å². The molecule has 1 aromatic carbocycles. The fourth-order valence-electron chi connectivity index (χ4n) is 1.79. The van der Waals surface area contributed by atoms with Gasteiger partial charge in [0.25, 0.3) is 0 Å². The first-order valence-electron chi connectivity index (χ1n) is 5.62. The van der Waals surface area contributed by atoms with Crippen LogP contribution in [0.15, 0.2) is 12.1 Å². The van der Waals surface area contributed by atoms with Crippen molar-refractivity contribution in [3.8, 4) is 0 Å². The van der Waals surface area contributed by atoms with E-state index in [9.17, 15) is 9.59 Å². The Morgan fingerprint density at radius 2 is 1.59 bits per heavy atom. The second-order valence-electron chi connectivity index (χ2n) is 4.09. The third-order valence-corrected chi connectivity index (χ3v) is 2.46. The largest absolute Gasteiger partial charge is 0.348 e. The summed E-state index contributed by atoms with van der Waals surface area (Å²) < 4.78 is 0. The number of carbonyl (C=O) groups excluding carboxylic acids is 2. The normalized spacial score (nSPS) is 9.88. The molecule has 0 aliphatic carbocycles. The molecule has 4 nitrogen and oxygen atoms in total. The lowest BCUT2D eigenvalue weighted by Gasteiger charge is -2.12. The zero-order chi connectivity index (χ0) is 13.0. The number of benzene rings is 1. The molecule has 0 heterocycles. The minimum Gasteiger partial charge on any atom is -0.348 e. The van der Waals surface area contributed by atoms with E-state index in [0.717, 1.165) is 16.7 Å². The number of amides is 2. The van der Waals surface area contributed by atoms with Crippen LogP contribution in [0.25, 0.3) is 0 Å². The van der Waals surface area contributed by atoms with Gasteiger partial charge in [0.2, 0.25) is 0 Å². The smallest absolute Gasteiger partial charge is 0.313 e. The third kappa shape index (κ3) is 3.31. The van der Waals surface area contributed by atoms with E-state index in [-0.39, 0.29) is 0 Å². The zero-order valence-electron chi connectivity index (χ0n) is 10.7. The van der Waals surface area contributed by atoms with Crippen LogP contribution < -0.4 is 10.6 Å². The molecule has 4 heteroatoms. The van der Waals surface area contributed by atoms with Crippen molar-refractivity contribution in [3.05, 3.63) is 28.8 Å². The molecular formula is C13H18N2O2. The average Bonchev–Trinajstić information content (AvgIpc) is 2.23. The van der Waals surface area contributed by atoms with Gasteiger partial charge in [0.05, 0.1) is 0 Å². The van der Waals surface area contributed by atoms with Crippen molar-refractivity contribution in [2.24, 2.45) is 0 Å². The maximum absolute atomic E-state index is 11.6. The van der Waals surface area contributed by atoms with Crippen LogP contribution in [0.4, 0.5) is 5.69 Å². The Labute approximate surface area is 101 Å². The van der Waals surface area contributed by atoms with Gasteiger partial charge in [-0.3, -0.25) is 9.59 Å². The topological polar surface area (TPSA) is 58.2 Å². The molecule has 92 valence electrons. The number of carbonyl (C=O) groups is 2. The van der Waals surface area contributed by atoms with Gasteiger partial charge in [0.1, 0.15) is 0 Å². The second kappa shape index (κ2) is 5.48. The van der Waals surface area contributed by atoms with E-state index in [2.05, 4.69) is 10.6 Å². The van der Waals surface area contributed by atoms with Crippen LogP contribution in [0.2, 0.25) is 0 Å². The van der Waals surface area contributed by atoms with Gasteiger partial charge in [-0.1, -0.05) is 17.7 Å². The molecule has 2 amide bonds. The van der Waals surface area contributed by atoms with E-state index in [1.807, 2.05) is 32.9 Å². The highest BCUT2D eigenvalue weighted by Crippen LogP contribution is 2.21. The van der Waals surface area contributed by atoms with Crippen LogP contribution in [0.3, 0.4) is 0 Å². The van der Waals surface area contributed by atoms with Crippen molar-refractivity contribution in [2.45, 2.75) is 27.7 Å². The second-order valence-corrected chi connectivity index (χ2v) is 4.09. The number of rotatable bonds is 2. The lowest BCUT2D eigenvalue weighted by atomic mass is 10.1. The standard InChI is InChI=1S/C13H18N2O2/c1-5-14-12(16)13(17)15-11-9(3)6-8(2)7-10(11)4/h6-7H,5H2,1-4H3,(H,14,16)(H,15,17). The summed E-state index contributed by atoms with van der Waals surface area (Å²) in [6.45, 7) is 8.03. The molecule has 0 atom stereocenters. The molecule has 1 rings (SSSR count). The molecule has 0 saturated heterocycles. The van der Waals surface area contributed by atoms with Crippen LogP contribution in [0.5, 0.6) is 0 Å². The highest BCUT2D eigenvalue weighted by molar-refractivity contribution is 6.39. The molecule has 0 bridgehead atoms. The van der Waals surface area contributed by atoms with Crippen molar-refractivity contribution >= 4 is 17.5 Å². The van der Waals surface area contributed by atoms with Crippen molar-refractivity contribution in [1.82, 2.24) is 5.32 Å². The molecule has 0 spiro atoms. The molecule has 0 saturated carbocycles. The quantitative estimate of drug-likeness (QED) is 0.765. The number of aryl methyl sites for hydroxylation is 3. The van der Waals surface area contributed by atoms with Gasteiger partial charge in [0, 0.05) is 12.2 Å². The molecule has 0 aliphatic rings. The Hall–Kier alpha value is -1.84. The summed E-state index contributed by atoms with van der Waals surface area (Å²) in [5.74, 6) is -1.23. The fourth-order valence-corrected chi connectivity index (χ4v) is 1.79. The number of anilines is 1. The van der Waals surface area contributed by atoms with Gasteiger partial charge in [0.15, 0.2) is 0 Å². The highest BCUT2D eigenvalue weighted by Gasteiger charge is 2.14. The molecule has 0 aromatic heterocycles. The predicted octanol–water partition coefficient (Wildman–Crippen LogP) is 1.69. The van der Waals surface area contributed by atoms with Gasteiger partial charge in [-0.2, -0.15) is 0 Å². The molecule has 0 aliphatic heterocycles. The summed E-state index contributed by atoms with van der Waals surface area (Å²) >= 11 is 0. The van der Waals surface area contributed by atoms with Crippen LogP contribution in [0, 0.1) is 20.8 Å². The van der Waals surface area contributed by atoms with Gasteiger partial charge < -0.3 is 10.6 Å². The lowest BCUT2D eigenvalue weighted by molar-refractivity contribution is -0.136. The van der Waals surface area contributed by atoms with E-state index in [4.69, 9.17) is 0 Å². The van der Waals surface area contributed by atoms with Crippen LogP contribution in [-0.2, 0) is 9.59 Å². The number of hydrogen-bond donors (Lipinski definition) is 2. The van der Waals surface area contributed by atoms with Crippen molar-refractivity contribution in [2.75, 3.05) is 11.9 Å². The number of likely N-dealkylation sites (N-methyl/N-ethyl adjacent to an activating group) is 1. The number of hydrogen-bond acceptors (Lipinski definition) is 2. The third-order valence-electron chi connectivity index (χ3n) is 2.46. The molecule has 0 radical (unpaired) electrons. The molecule has 0 unspecified atom stereocenters. The maximum atomic E-state index is 11.6. The van der Waals surface area contributed by atoms with Gasteiger partial charge >= 0.3 is 11.8 Å². The lowest BCUT2D eigenvalue weighted by Crippen LogP contribution is -2.35. The fraction of sp³-hybridized carbons (Fsp3) is 0.385. The Kier molecular flexibility index (Phi) is 4.26. The summed E-state index contributed by atoms with van der Waals surface area (Å²) in [7, 11) is 0. The van der Waals surface area contributed by atoms with Crippen LogP contribution >= 0.6 is 0 Å². The molecule has 1 aromatic rings. The van der Waals surface area contributed by atoms with E-state index >= 15 is 0 Å². The van der Waals surface area contributed by atoms with Gasteiger partial charge in [-0.05, 0) is 38.8 Å². The first kappa shape index (κ1) is 13.2. The minimum atomic E-state index is -0.623. The van der Waals surface area contributed by atoms with Gasteiger partial charge in [-0.15, -0.1) is 0 Å². The molecule has 2 N–H and O–H groups in total. The number of nitrogens with one attached hydrogen (secondary N) is 2. The Morgan fingerprint density at radius 1 is 1.06 bits per heavy atom. The Morgan fingerprint density at radius 3 is 2.06 bits per heavy atom. The van der Waals surface area contributed by atoms with Crippen molar-refractivity contribution in [3.63, 3.8) is 0 Å². The summed E-state index contributed by atoms with van der Waals surface area (Å²) in [4.78, 5) is 22.9. The minimum absolute atomic E-state index is 0.443. The average molecular weight is 234 g/mol. The Balaban J connectivity index is 2.89. The van der Waals surface area contributed by atoms with Crippen LogP contribution in [-0.4, -0.2) is 18.4 Å². The van der Waals surface area contributed by atoms with E-state index in [1.165, 1.54) is 0 Å². The molecular weight excluding hydrogens is 216 g/mol. The van der Waals surface area contributed by atoms with E-state index in [1.54, 1.807) is 6.92 Å². The van der Waals surface area contributed by atoms with Gasteiger partial charge in [-0.25, -0.2) is 0 Å².